The molecule has 5 rings (SSSR count). The number of nitrogens with one attached hydrogen (secondary N) is 2. The third-order valence-electron chi connectivity index (χ3n) is 7.16. The number of benzene rings is 2. The minimum Gasteiger partial charge on any atom is -0.494 e. The van der Waals surface area contributed by atoms with Gasteiger partial charge in [0.05, 0.1) is 30.7 Å². The summed E-state index contributed by atoms with van der Waals surface area (Å²) in [6.07, 6.45) is 6.63. The van der Waals surface area contributed by atoms with Gasteiger partial charge in [0.1, 0.15) is 16.4 Å². The van der Waals surface area contributed by atoms with Crippen LogP contribution in [-0.4, -0.2) is 47.0 Å². The predicted molar refractivity (Wildman–Crippen MR) is 171 cm³/mol. The fourth-order valence-electron chi connectivity index (χ4n) is 4.98. The van der Waals surface area contributed by atoms with Crippen LogP contribution in [0, 0.1) is 5.92 Å². The minimum atomic E-state index is -0.967. The highest BCUT2D eigenvalue weighted by Gasteiger charge is 2.30. The third-order valence-corrected chi connectivity index (χ3v) is 8.33. The summed E-state index contributed by atoms with van der Waals surface area (Å²) in [5, 5.41) is 11.8. The summed E-state index contributed by atoms with van der Waals surface area (Å²) < 4.78 is 12.7. The zero-order valence-electron chi connectivity index (χ0n) is 25.0. The second-order valence-corrected chi connectivity index (χ2v) is 11.6. The Hall–Kier alpha value is -4.77. The van der Waals surface area contributed by atoms with Crippen LogP contribution >= 0.6 is 11.3 Å². The molecule has 2 amide bonds. The van der Waals surface area contributed by atoms with E-state index in [2.05, 4.69) is 29.7 Å². The molecule has 2 N–H and O–H groups in total. The number of thiophene rings is 1. The van der Waals surface area contributed by atoms with Crippen molar-refractivity contribution in [3.05, 3.63) is 82.4 Å². The van der Waals surface area contributed by atoms with E-state index in [-0.39, 0.29) is 6.61 Å². The number of hydrogen-bond donors (Lipinski definition) is 2. The van der Waals surface area contributed by atoms with E-state index < -0.39 is 17.8 Å². The van der Waals surface area contributed by atoms with Gasteiger partial charge in [0, 0.05) is 22.2 Å². The van der Waals surface area contributed by atoms with Crippen LogP contribution in [0.25, 0.3) is 16.9 Å². The predicted octanol–water partition coefficient (Wildman–Crippen LogP) is 5.78. The second kappa shape index (κ2) is 14.1. The van der Waals surface area contributed by atoms with Crippen molar-refractivity contribution in [2.24, 2.45) is 11.0 Å². The standard InChI is InChI=1S/C33H35N5O5S/c1-4-17-43-25-14-12-22(13-15-25)29-23(20-38(37-29)24-9-7-6-8-10-24)19-34-36-31(40)30(39)35-32-28(33(41)42-5-2)26-16-11-21(3)18-27(26)44-32/h6-10,12-15,19-21H,4-5,11,16-18H2,1-3H3,(H,35,39)(H,36,40)/b34-19+. The van der Waals surface area contributed by atoms with E-state index in [4.69, 9.17) is 14.6 Å². The lowest BCUT2D eigenvalue weighted by Gasteiger charge is -2.18. The molecule has 0 saturated carbocycles. The lowest BCUT2D eigenvalue weighted by atomic mass is 9.88. The molecule has 0 radical (unpaired) electrons. The molecule has 44 heavy (non-hydrogen) atoms. The fourth-order valence-corrected chi connectivity index (χ4v) is 6.37. The van der Waals surface area contributed by atoms with Crippen molar-refractivity contribution in [3.63, 3.8) is 0 Å². The number of anilines is 1. The van der Waals surface area contributed by atoms with Gasteiger partial charge in [0.2, 0.25) is 0 Å². The third kappa shape index (κ3) is 7.05. The van der Waals surface area contributed by atoms with Gasteiger partial charge in [0.15, 0.2) is 0 Å². The van der Waals surface area contributed by atoms with E-state index >= 15 is 0 Å². The number of esters is 1. The van der Waals surface area contributed by atoms with E-state index in [0.29, 0.717) is 34.3 Å². The Morgan fingerprint density at radius 2 is 1.86 bits per heavy atom. The number of fused-ring (bicyclic) bond motifs is 1. The first-order valence-electron chi connectivity index (χ1n) is 14.7. The first kappa shape index (κ1) is 30.7. The van der Waals surface area contributed by atoms with Gasteiger partial charge in [-0.05, 0) is 80.5 Å². The maximum absolute atomic E-state index is 12.9. The molecule has 0 bridgehead atoms. The number of nitrogens with zero attached hydrogens (tertiary/aromatic N) is 3. The number of hydrazone groups is 1. The molecule has 11 heteroatoms. The molecule has 228 valence electrons. The van der Waals surface area contributed by atoms with Crippen molar-refractivity contribution in [2.75, 3.05) is 18.5 Å². The number of aromatic nitrogens is 2. The average Bonchev–Trinajstić information content (AvgIpc) is 3.61. The van der Waals surface area contributed by atoms with Crippen LogP contribution in [0.15, 0.2) is 65.9 Å². The molecule has 2 aromatic carbocycles. The molecule has 1 aliphatic rings. The highest BCUT2D eigenvalue weighted by atomic mass is 32.1. The normalized spacial score (nSPS) is 14.2. The van der Waals surface area contributed by atoms with E-state index in [1.54, 1.807) is 17.8 Å². The lowest BCUT2D eigenvalue weighted by Crippen LogP contribution is -2.32. The van der Waals surface area contributed by atoms with Crippen LogP contribution in [0.2, 0.25) is 0 Å². The molecule has 2 heterocycles. The molecule has 2 aromatic heterocycles. The Labute approximate surface area is 260 Å². The zero-order valence-corrected chi connectivity index (χ0v) is 25.8. The lowest BCUT2D eigenvalue weighted by molar-refractivity contribution is -0.136. The van der Waals surface area contributed by atoms with Crippen molar-refractivity contribution in [2.45, 2.75) is 46.5 Å². The van der Waals surface area contributed by atoms with Crippen LogP contribution in [-0.2, 0) is 27.2 Å². The Balaban J connectivity index is 1.33. The van der Waals surface area contributed by atoms with Crippen molar-refractivity contribution in [1.29, 1.82) is 0 Å². The van der Waals surface area contributed by atoms with Crippen LogP contribution in [0.3, 0.4) is 0 Å². The largest absolute Gasteiger partial charge is 0.494 e. The number of rotatable bonds is 10. The molecular formula is C33H35N5O5S. The van der Waals surface area contributed by atoms with Crippen molar-refractivity contribution in [1.82, 2.24) is 15.2 Å². The summed E-state index contributed by atoms with van der Waals surface area (Å²) in [6, 6.07) is 17.2. The molecular weight excluding hydrogens is 578 g/mol. The second-order valence-electron chi connectivity index (χ2n) is 10.5. The van der Waals surface area contributed by atoms with E-state index in [1.807, 2.05) is 54.6 Å². The Morgan fingerprint density at radius 3 is 2.59 bits per heavy atom. The van der Waals surface area contributed by atoms with Gasteiger partial charge in [-0.25, -0.2) is 14.9 Å². The van der Waals surface area contributed by atoms with E-state index in [1.165, 1.54) is 17.6 Å². The monoisotopic (exact) mass is 613 g/mol. The molecule has 1 aliphatic carbocycles. The van der Waals surface area contributed by atoms with E-state index in [0.717, 1.165) is 53.1 Å². The van der Waals surface area contributed by atoms with Gasteiger partial charge >= 0.3 is 17.8 Å². The molecule has 1 unspecified atom stereocenters. The Morgan fingerprint density at radius 1 is 1.09 bits per heavy atom. The van der Waals surface area contributed by atoms with Crippen LogP contribution in [0.5, 0.6) is 5.75 Å². The van der Waals surface area contributed by atoms with Gasteiger partial charge in [-0.3, -0.25) is 9.59 Å². The molecule has 0 saturated heterocycles. The van der Waals surface area contributed by atoms with Gasteiger partial charge < -0.3 is 14.8 Å². The quantitative estimate of drug-likeness (QED) is 0.101. The molecule has 0 aliphatic heterocycles. The van der Waals surface area contributed by atoms with Gasteiger partial charge in [-0.15, -0.1) is 11.3 Å². The number of carbonyl (C=O) groups is 3. The SMILES string of the molecule is CCCOc1ccc(-c2nn(-c3ccccc3)cc2/C=N/NC(=O)C(=O)Nc2sc3c(c2C(=O)OCC)CCC(C)C3)cc1. The zero-order chi connectivity index (χ0) is 31.1. The summed E-state index contributed by atoms with van der Waals surface area (Å²) in [6.45, 7) is 6.78. The number of para-hydroxylation sites is 1. The minimum absolute atomic E-state index is 0.210. The van der Waals surface area contributed by atoms with Crippen LogP contribution < -0.4 is 15.5 Å². The van der Waals surface area contributed by atoms with Crippen LogP contribution in [0.4, 0.5) is 5.00 Å². The highest BCUT2D eigenvalue weighted by molar-refractivity contribution is 7.17. The smallest absolute Gasteiger partial charge is 0.341 e. The van der Waals surface area contributed by atoms with E-state index in [9.17, 15) is 14.4 Å². The molecule has 10 nitrogen and oxygen atoms in total. The topological polar surface area (TPSA) is 124 Å². The Kier molecular flexibility index (Phi) is 9.86. The van der Waals surface area contributed by atoms with Crippen molar-refractivity contribution < 1.29 is 23.9 Å². The maximum Gasteiger partial charge on any atom is 0.341 e. The Bertz CT molecular complexity index is 1660. The first-order valence-corrected chi connectivity index (χ1v) is 15.5. The summed E-state index contributed by atoms with van der Waals surface area (Å²) in [4.78, 5) is 39.4. The molecule has 4 aromatic rings. The van der Waals surface area contributed by atoms with Gasteiger partial charge in [-0.2, -0.15) is 10.2 Å². The highest BCUT2D eigenvalue weighted by Crippen LogP contribution is 2.40. The summed E-state index contributed by atoms with van der Waals surface area (Å²) in [7, 11) is 0. The van der Waals surface area contributed by atoms with Crippen LogP contribution in [0.1, 0.15) is 60.0 Å². The molecule has 1 atom stereocenters. The maximum atomic E-state index is 12.9. The average molecular weight is 614 g/mol. The number of amides is 2. The summed E-state index contributed by atoms with van der Waals surface area (Å²) in [5.74, 6) is -1.16. The summed E-state index contributed by atoms with van der Waals surface area (Å²) in [5.41, 5.74) is 6.48. The van der Waals surface area contributed by atoms with Crippen molar-refractivity contribution >= 4 is 40.3 Å². The first-order chi connectivity index (χ1) is 21.4. The number of hydrogen-bond acceptors (Lipinski definition) is 8. The molecule has 0 fully saturated rings. The van der Waals surface area contributed by atoms with Gasteiger partial charge in [0.25, 0.3) is 0 Å². The number of ether oxygens (including phenoxy) is 2. The van der Waals surface area contributed by atoms with Crippen molar-refractivity contribution in [3.8, 4) is 22.7 Å². The fraction of sp³-hybridized carbons (Fsp3) is 0.303. The summed E-state index contributed by atoms with van der Waals surface area (Å²) >= 11 is 1.32. The van der Waals surface area contributed by atoms with Gasteiger partial charge in [-0.1, -0.05) is 32.0 Å². The molecule has 0 spiro atoms. The number of carbonyl (C=O) groups excluding carboxylic acids is 3.